The molecule has 0 aliphatic carbocycles. The Balaban J connectivity index is 1.89. The zero-order valence-electron chi connectivity index (χ0n) is 17.1. The molecule has 0 radical (unpaired) electrons. The monoisotopic (exact) mass is 428 g/mol. The van der Waals surface area contributed by atoms with Gasteiger partial charge in [0.25, 0.3) is 0 Å². The largest absolute Gasteiger partial charge is 0.481 e. The summed E-state index contributed by atoms with van der Waals surface area (Å²) < 4.78 is 0. The summed E-state index contributed by atoms with van der Waals surface area (Å²) in [5.74, 6) is -2.67. The summed E-state index contributed by atoms with van der Waals surface area (Å²) >= 11 is 0. The van der Waals surface area contributed by atoms with Crippen LogP contribution in [0.3, 0.4) is 0 Å². The smallest absolute Gasteiger partial charge is 0.331 e. The first-order valence-electron chi connectivity index (χ1n) is 10.4. The van der Waals surface area contributed by atoms with Gasteiger partial charge in [0.05, 0.1) is 12.3 Å². The Kier molecular flexibility index (Phi) is 9.98. The molecule has 0 aromatic carbocycles. The highest BCUT2D eigenvalue weighted by Crippen LogP contribution is 2.22. The standard InChI is InChI=1S/C19H32N4O7/c24-16(2-1-13-3-7-20-8-4-13)23-10-6-15(22-30-12-18(27)28)14(11-23)19(29)21-9-5-17(25)26/h13-15,20,22H,1-12H2,(H,21,29)(H,25,26)(H,27,28)/t14-,15?/m1/s1. The maximum absolute atomic E-state index is 12.7. The summed E-state index contributed by atoms with van der Waals surface area (Å²) in [6.45, 7) is 2.01. The fourth-order valence-electron chi connectivity index (χ4n) is 3.88. The van der Waals surface area contributed by atoms with Crippen LogP contribution in [0.25, 0.3) is 0 Å². The minimum Gasteiger partial charge on any atom is -0.481 e. The van der Waals surface area contributed by atoms with Gasteiger partial charge in [-0.15, -0.1) is 0 Å². The van der Waals surface area contributed by atoms with Gasteiger partial charge in [-0.2, -0.15) is 5.48 Å². The summed E-state index contributed by atoms with van der Waals surface area (Å²) in [5.41, 5.74) is 2.62. The molecule has 2 atom stereocenters. The van der Waals surface area contributed by atoms with Crippen LogP contribution in [-0.4, -0.2) is 84.2 Å². The molecule has 11 heteroatoms. The molecule has 2 rings (SSSR count). The van der Waals surface area contributed by atoms with E-state index < -0.39 is 30.5 Å². The summed E-state index contributed by atoms with van der Waals surface area (Å²) in [4.78, 5) is 53.2. The number of carbonyl (C=O) groups is 4. The number of carbonyl (C=O) groups excluding carboxylic acids is 2. The highest BCUT2D eigenvalue weighted by molar-refractivity contribution is 5.82. The molecular formula is C19H32N4O7. The average molecular weight is 428 g/mol. The number of likely N-dealkylation sites (tertiary alicyclic amines) is 1. The molecule has 2 heterocycles. The van der Waals surface area contributed by atoms with Gasteiger partial charge < -0.3 is 25.7 Å². The molecule has 5 N–H and O–H groups in total. The molecule has 2 fully saturated rings. The molecule has 2 aliphatic rings. The molecule has 2 saturated heterocycles. The van der Waals surface area contributed by atoms with E-state index in [-0.39, 0.29) is 31.3 Å². The van der Waals surface area contributed by atoms with Gasteiger partial charge in [-0.1, -0.05) is 0 Å². The third-order valence-corrected chi connectivity index (χ3v) is 5.60. The second kappa shape index (κ2) is 12.5. The Morgan fingerprint density at radius 1 is 1.03 bits per heavy atom. The van der Waals surface area contributed by atoms with E-state index in [0.29, 0.717) is 25.3 Å². The molecule has 30 heavy (non-hydrogen) atoms. The molecule has 2 amide bonds. The number of carboxylic acids is 2. The van der Waals surface area contributed by atoms with E-state index in [4.69, 9.17) is 15.1 Å². The number of hydrogen-bond donors (Lipinski definition) is 5. The van der Waals surface area contributed by atoms with Crippen LogP contribution in [0.15, 0.2) is 0 Å². The number of nitrogens with one attached hydrogen (secondary N) is 3. The zero-order valence-corrected chi connectivity index (χ0v) is 17.1. The van der Waals surface area contributed by atoms with Gasteiger partial charge in [0.15, 0.2) is 6.61 Å². The summed E-state index contributed by atoms with van der Waals surface area (Å²) in [7, 11) is 0. The Labute approximate surface area is 175 Å². The van der Waals surface area contributed by atoms with Gasteiger partial charge in [0.2, 0.25) is 11.8 Å². The zero-order chi connectivity index (χ0) is 21.9. The number of aliphatic carboxylic acids is 2. The second-order valence-corrected chi connectivity index (χ2v) is 7.81. The van der Waals surface area contributed by atoms with Crippen molar-refractivity contribution in [3.63, 3.8) is 0 Å². The SMILES string of the molecule is O=C(O)CCNC(=O)[C@@H]1CN(C(=O)CCC2CCNCC2)CCC1NOCC(=O)O. The van der Waals surface area contributed by atoms with Crippen molar-refractivity contribution >= 4 is 23.8 Å². The average Bonchev–Trinajstić information content (AvgIpc) is 2.72. The van der Waals surface area contributed by atoms with Gasteiger partial charge in [-0.25, -0.2) is 4.79 Å². The summed E-state index contributed by atoms with van der Waals surface area (Å²) in [5, 5.41) is 23.3. The highest BCUT2D eigenvalue weighted by atomic mass is 16.7. The number of piperidine rings is 2. The molecular weight excluding hydrogens is 396 g/mol. The third-order valence-electron chi connectivity index (χ3n) is 5.60. The molecule has 0 aromatic heterocycles. The lowest BCUT2D eigenvalue weighted by molar-refractivity contribution is -0.148. The molecule has 0 saturated carbocycles. The quantitative estimate of drug-likeness (QED) is 0.265. The van der Waals surface area contributed by atoms with E-state index in [1.807, 2.05) is 0 Å². The van der Waals surface area contributed by atoms with Crippen molar-refractivity contribution < 1.29 is 34.2 Å². The summed E-state index contributed by atoms with van der Waals surface area (Å²) in [6.07, 6.45) is 3.62. The molecule has 170 valence electrons. The third kappa shape index (κ3) is 8.25. The van der Waals surface area contributed by atoms with Crippen molar-refractivity contribution in [3.8, 4) is 0 Å². The van der Waals surface area contributed by atoms with Crippen LogP contribution >= 0.6 is 0 Å². The van der Waals surface area contributed by atoms with E-state index >= 15 is 0 Å². The minimum absolute atomic E-state index is 0.00164. The van der Waals surface area contributed by atoms with E-state index in [1.165, 1.54) is 0 Å². The molecule has 0 bridgehead atoms. The van der Waals surface area contributed by atoms with Gasteiger partial charge in [-0.05, 0) is 44.7 Å². The van der Waals surface area contributed by atoms with Gasteiger partial charge in [0, 0.05) is 32.1 Å². The Hall–Kier alpha value is -2.24. The Bertz CT molecular complexity index is 610. The van der Waals surface area contributed by atoms with Crippen LogP contribution < -0.4 is 16.1 Å². The Morgan fingerprint density at radius 3 is 2.43 bits per heavy atom. The number of rotatable bonds is 11. The maximum Gasteiger partial charge on any atom is 0.331 e. The minimum atomic E-state index is -1.14. The van der Waals surface area contributed by atoms with Crippen LogP contribution in [0.2, 0.25) is 0 Å². The number of hydroxylamine groups is 1. The van der Waals surface area contributed by atoms with E-state index in [0.717, 1.165) is 32.4 Å². The molecule has 11 nitrogen and oxygen atoms in total. The predicted molar refractivity (Wildman–Crippen MR) is 105 cm³/mol. The maximum atomic E-state index is 12.7. The predicted octanol–water partition coefficient (Wildman–Crippen LogP) is -0.820. The van der Waals surface area contributed by atoms with Crippen LogP contribution in [0.4, 0.5) is 0 Å². The van der Waals surface area contributed by atoms with Crippen LogP contribution in [0.5, 0.6) is 0 Å². The Morgan fingerprint density at radius 2 is 1.77 bits per heavy atom. The van der Waals surface area contributed by atoms with Crippen LogP contribution in [0.1, 0.15) is 38.5 Å². The van der Waals surface area contributed by atoms with Crippen molar-refractivity contribution in [2.45, 2.75) is 44.6 Å². The lowest BCUT2D eigenvalue weighted by Gasteiger charge is -2.38. The van der Waals surface area contributed by atoms with E-state index in [1.54, 1.807) is 4.90 Å². The molecule has 0 aromatic rings. The van der Waals surface area contributed by atoms with Crippen molar-refractivity contribution in [1.82, 2.24) is 21.0 Å². The number of carboxylic acid groups (broad SMARTS) is 2. The number of amides is 2. The van der Waals surface area contributed by atoms with Crippen LogP contribution in [0, 0.1) is 11.8 Å². The first kappa shape index (κ1) is 24.0. The van der Waals surface area contributed by atoms with Crippen molar-refractivity contribution in [2.75, 3.05) is 39.3 Å². The van der Waals surface area contributed by atoms with Gasteiger partial charge in [0.1, 0.15) is 0 Å². The van der Waals surface area contributed by atoms with Gasteiger partial charge >= 0.3 is 11.9 Å². The second-order valence-electron chi connectivity index (χ2n) is 7.81. The van der Waals surface area contributed by atoms with Crippen molar-refractivity contribution in [1.29, 1.82) is 0 Å². The number of hydrogen-bond acceptors (Lipinski definition) is 7. The first-order chi connectivity index (χ1) is 14.4. The lowest BCUT2D eigenvalue weighted by Crippen LogP contribution is -2.56. The van der Waals surface area contributed by atoms with Crippen LogP contribution in [-0.2, 0) is 24.0 Å². The topological polar surface area (TPSA) is 157 Å². The van der Waals surface area contributed by atoms with Gasteiger partial charge in [-0.3, -0.25) is 19.2 Å². The number of nitrogens with zero attached hydrogens (tertiary/aromatic N) is 1. The molecule has 2 aliphatic heterocycles. The van der Waals surface area contributed by atoms with Crippen molar-refractivity contribution in [3.05, 3.63) is 0 Å². The van der Waals surface area contributed by atoms with Crippen molar-refractivity contribution in [2.24, 2.45) is 11.8 Å². The lowest BCUT2D eigenvalue weighted by atomic mass is 9.90. The first-order valence-corrected chi connectivity index (χ1v) is 10.4. The summed E-state index contributed by atoms with van der Waals surface area (Å²) in [6, 6.07) is -0.470. The van der Waals surface area contributed by atoms with E-state index in [9.17, 15) is 19.2 Å². The fraction of sp³-hybridized carbons (Fsp3) is 0.789. The normalized spacial score (nSPS) is 22.5. The van der Waals surface area contributed by atoms with E-state index in [2.05, 4.69) is 16.1 Å². The molecule has 1 unspecified atom stereocenters. The molecule has 0 spiro atoms. The fourth-order valence-corrected chi connectivity index (χ4v) is 3.88. The highest BCUT2D eigenvalue weighted by Gasteiger charge is 2.36.